The molecule has 0 aliphatic rings. The number of nitrogens with zero attached hydrogens (tertiary/aromatic N) is 2. The molecule has 134 valence electrons. The van der Waals surface area contributed by atoms with Crippen molar-refractivity contribution in [3.05, 3.63) is 42.0 Å². The van der Waals surface area contributed by atoms with Crippen LogP contribution in [0.3, 0.4) is 0 Å². The van der Waals surface area contributed by atoms with Crippen molar-refractivity contribution in [1.82, 2.24) is 0 Å². The van der Waals surface area contributed by atoms with E-state index in [-0.39, 0.29) is 5.69 Å². The zero-order valence-corrected chi connectivity index (χ0v) is 14.7. The minimum Gasteiger partial charge on any atom is -0.497 e. The molecule has 2 aromatic rings. The lowest BCUT2D eigenvalue weighted by Gasteiger charge is -2.05. The zero-order valence-electron chi connectivity index (χ0n) is 13.1. The second-order valence-corrected chi connectivity index (χ2v) is 7.74. The van der Waals surface area contributed by atoms with Crippen LogP contribution in [0.25, 0.3) is 0 Å². The smallest absolute Gasteiger partial charge is 0.296 e. The number of rotatable bonds is 5. The Morgan fingerprint density at radius 2 is 1.52 bits per heavy atom. The molecule has 11 heteroatoms. The molecule has 2 aromatic carbocycles. The van der Waals surface area contributed by atoms with Crippen molar-refractivity contribution < 1.29 is 30.7 Å². The van der Waals surface area contributed by atoms with Crippen LogP contribution < -0.4 is 4.74 Å². The Hall–Kier alpha value is -2.34. The van der Waals surface area contributed by atoms with E-state index in [4.69, 9.17) is 9.29 Å². The highest BCUT2D eigenvalue weighted by Crippen LogP contribution is 2.31. The summed E-state index contributed by atoms with van der Waals surface area (Å²) in [4.78, 5) is -1.50. The van der Waals surface area contributed by atoms with Gasteiger partial charge in [0, 0.05) is 6.07 Å². The van der Waals surface area contributed by atoms with Crippen LogP contribution in [0.1, 0.15) is 5.56 Å². The Kier molecular flexibility index (Phi) is 5.23. The Morgan fingerprint density at radius 1 is 0.880 bits per heavy atom. The highest BCUT2D eigenvalue weighted by atomic mass is 32.2. The maximum absolute atomic E-state index is 11.5. The van der Waals surface area contributed by atoms with Crippen LogP contribution in [0.2, 0.25) is 0 Å². The second-order valence-electron chi connectivity index (χ2n) is 4.93. The first-order chi connectivity index (χ1) is 11.5. The maximum Gasteiger partial charge on any atom is 0.296 e. The van der Waals surface area contributed by atoms with Gasteiger partial charge in [0.1, 0.15) is 16.3 Å². The van der Waals surface area contributed by atoms with Crippen LogP contribution in [-0.4, -0.2) is 33.1 Å². The van der Waals surface area contributed by atoms with Gasteiger partial charge in [-0.05, 0) is 36.8 Å². The lowest BCUT2D eigenvalue weighted by atomic mass is 10.2. The summed E-state index contributed by atoms with van der Waals surface area (Å²) in [5, 5.41) is 7.66. The molecular formula is C14H14N2O7S2. The Balaban J connectivity index is 2.57. The Morgan fingerprint density at radius 3 is 2.08 bits per heavy atom. The van der Waals surface area contributed by atoms with Gasteiger partial charge in [-0.1, -0.05) is 6.07 Å². The van der Waals surface area contributed by atoms with Gasteiger partial charge in [-0.15, -0.1) is 5.11 Å². The highest BCUT2D eigenvalue weighted by Gasteiger charge is 2.20. The van der Waals surface area contributed by atoms with Crippen LogP contribution in [0, 0.1) is 6.92 Å². The molecule has 0 aliphatic carbocycles. The first kappa shape index (κ1) is 19.0. The molecule has 0 saturated heterocycles. The first-order valence-corrected chi connectivity index (χ1v) is 9.56. The van der Waals surface area contributed by atoms with Crippen molar-refractivity contribution in [3.63, 3.8) is 0 Å². The standard InChI is InChI=1S/C14H14N2O7S2/c1-9-3-4-10(23-2)7-13(9)16-15-12-6-5-11(24(17,18)19)8-14(12)25(20,21)22/h3-8H,1-2H3,(H,17,18,19)(H,20,21,22). The van der Waals surface area contributed by atoms with Gasteiger partial charge in [0.2, 0.25) is 0 Å². The molecule has 0 spiro atoms. The van der Waals surface area contributed by atoms with Gasteiger partial charge in [-0.3, -0.25) is 9.11 Å². The number of aryl methyl sites for hydroxylation is 1. The summed E-state index contributed by atoms with van der Waals surface area (Å²) in [5.41, 5.74) is 0.823. The molecule has 2 rings (SSSR count). The van der Waals surface area contributed by atoms with Crippen LogP contribution in [0.4, 0.5) is 11.4 Å². The van der Waals surface area contributed by atoms with Crippen LogP contribution in [0.15, 0.2) is 56.4 Å². The van der Waals surface area contributed by atoms with E-state index in [0.29, 0.717) is 17.5 Å². The largest absolute Gasteiger partial charge is 0.497 e. The minimum atomic E-state index is -4.80. The zero-order chi connectivity index (χ0) is 18.8. The van der Waals surface area contributed by atoms with Gasteiger partial charge >= 0.3 is 0 Å². The van der Waals surface area contributed by atoms with E-state index >= 15 is 0 Å². The number of azo groups is 1. The second kappa shape index (κ2) is 6.88. The third kappa shape index (κ3) is 4.60. The molecule has 0 amide bonds. The van der Waals surface area contributed by atoms with Gasteiger partial charge in [0.05, 0.1) is 17.7 Å². The van der Waals surface area contributed by atoms with E-state index in [1.54, 1.807) is 25.1 Å². The first-order valence-electron chi connectivity index (χ1n) is 6.68. The van der Waals surface area contributed by atoms with Gasteiger partial charge in [0.25, 0.3) is 20.2 Å². The number of hydrogen-bond acceptors (Lipinski definition) is 7. The summed E-state index contributed by atoms with van der Waals surface area (Å²) < 4.78 is 68.5. The van der Waals surface area contributed by atoms with E-state index < -0.39 is 30.0 Å². The van der Waals surface area contributed by atoms with Crippen molar-refractivity contribution in [1.29, 1.82) is 0 Å². The van der Waals surface area contributed by atoms with E-state index in [2.05, 4.69) is 10.2 Å². The van der Waals surface area contributed by atoms with Crippen LogP contribution >= 0.6 is 0 Å². The predicted molar refractivity (Wildman–Crippen MR) is 88.0 cm³/mol. The average Bonchev–Trinajstić information content (AvgIpc) is 2.52. The highest BCUT2D eigenvalue weighted by molar-refractivity contribution is 7.86. The molecule has 0 saturated carbocycles. The van der Waals surface area contributed by atoms with E-state index in [9.17, 15) is 21.4 Å². The van der Waals surface area contributed by atoms with Crippen molar-refractivity contribution in [3.8, 4) is 5.75 Å². The third-order valence-corrected chi connectivity index (χ3v) is 4.92. The molecule has 0 bridgehead atoms. The molecule has 0 aliphatic heterocycles. The lowest BCUT2D eigenvalue weighted by molar-refractivity contribution is 0.415. The molecule has 0 unspecified atom stereocenters. The Labute approximate surface area is 144 Å². The topological polar surface area (TPSA) is 143 Å². The fourth-order valence-electron chi connectivity index (χ4n) is 1.88. The monoisotopic (exact) mass is 386 g/mol. The molecule has 0 fully saturated rings. The van der Waals surface area contributed by atoms with Crippen LogP contribution in [-0.2, 0) is 20.2 Å². The van der Waals surface area contributed by atoms with Crippen LogP contribution in [0.5, 0.6) is 5.75 Å². The van der Waals surface area contributed by atoms with Crippen molar-refractivity contribution >= 4 is 31.6 Å². The molecule has 2 N–H and O–H groups in total. The minimum absolute atomic E-state index is 0.294. The van der Waals surface area contributed by atoms with Gasteiger partial charge in [-0.2, -0.15) is 21.9 Å². The Bertz CT molecular complexity index is 1040. The maximum atomic E-state index is 11.5. The normalized spacial score (nSPS) is 12.5. The fraction of sp³-hybridized carbons (Fsp3) is 0.143. The summed E-state index contributed by atoms with van der Waals surface area (Å²) in [5.74, 6) is 0.510. The molecule has 0 atom stereocenters. The number of hydrogen-bond donors (Lipinski definition) is 2. The van der Waals surface area contributed by atoms with Crippen molar-refractivity contribution in [2.75, 3.05) is 7.11 Å². The predicted octanol–water partition coefficient (Wildman–Crippen LogP) is 2.91. The van der Waals surface area contributed by atoms with E-state index in [0.717, 1.165) is 17.7 Å². The molecule has 0 heterocycles. The molecule has 0 aromatic heterocycles. The van der Waals surface area contributed by atoms with Crippen molar-refractivity contribution in [2.24, 2.45) is 10.2 Å². The third-order valence-electron chi connectivity index (χ3n) is 3.19. The summed E-state index contributed by atoms with van der Waals surface area (Å²) in [7, 11) is -7.98. The lowest BCUT2D eigenvalue weighted by Crippen LogP contribution is -2.03. The number of benzene rings is 2. The summed E-state index contributed by atoms with van der Waals surface area (Å²) in [6, 6.07) is 7.54. The van der Waals surface area contributed by atoms with Gasteiger partial charge in [0.15, 0.2) is 0 Å². The summed E-state index contributed by atoms with van der Waals surface area (Å²) in [6.07, 6.45) is 0. The molecular weight excluding hydrogens is 372 g/mol. The molecule has 25 heavy (non-hydrogen) atoms. The number of ether oxygens (including phenoxy) is 1. The quantitative estimate of drug-likeness (QED) is 0.594. The molecule has 9 nitrogen and oxygen atoms in total. The summed E-state index contributed by atoms with van der Waals surface area (Å²) in [6.45, 7) is 1.75. The molecule has 0 radical (unpaired) electrons. The van der Waals surface area contributed by atoms with Gasteiger partial charge in [-0.25, -0.2) is 0 Å². The summed E-state index contributed by atoms with van der Waals surface area (Å²) >= 11 is 0. The van der Waals surface area contributed by atoms with Crippen molar-refractivity contribution in [2.45, 2.75) is 16.7 Å². The van der Waals surface area contributed by atoms with E-state index in [1.165, 1.54) is 7.11 Å². The average molecular weight is 386 g/mol. The van der Waals surface area contributed by atoms with Gasteiger partial charge < -0.3 is 4.74 Å². The fourth-order valence-corrected chi connectivity index (χ4v) is 3.11. The van der Waals surface area contributed by atoms with E-state index in [1.807, 2.05) is 0 Å². The SMILES string of the molecule is COc1ccc(C)c(N=Nc2ccc(S(=O)(=O)O)cc2S(=O)(=O)O)c1. The number of methoxy groups -OCH3 is 1.